The van der Waals surface area contributed by atoms with E-state index in [1.54, 1.807) is 40.9 Å². The molecule has 5 aromatic rings. The number of nitrogens with zero attached hydrogens (tertiary/aromatic N) is 9. The molecule has 0 radical (unpaired) electrons. The lowest BCUT2D eigenvalue weighted by Gasteiger charge is -2.38. The number of piperidine rings is 2. The molecular weight excluding hydrogens is 662 g/mol. The molecule has 0 saturated carbocycles. The Balaban J connectivity index is 1.02. The molecule has 2 aliphatic rings. The average Bonchev–Trinajstić information content (AvgIpc) is 3.61. The summed E-state index contributed by atoms with van der Waals surface area (Å²) in [4.78, 5) is 50.7. The lowest BCUT2D eigenvalue weighted by atomic mass is 10.0. The van der Waals surface area contributed by atoms with Crippen LogP contribution in [0.5, 0.6) is 0 Å². The first-order valence-electron chi connectivity index (χ1n) is 16.7. The van der Waals surface area contributed by atoms with E-state index in [0.717, 1.165) is 53.9 Å². The van der Waals surface area contributed by atoms with Gasteiger partial charge < -0.3 is 20.2 Å². The molecule has 1 unspecified atom stereocenters. The van der Waals surface area contributed by atoms with Gasteiger partial charge in [0.15, 0.2) is 5.82 Å². The molecule has 50 heavy (non-hydrogen) atoms. The summed E-state index contributed by atoms with van der Waals surface area (Å²) in [6.07, 6.45) is 4.45. The highest BCUT2D eigenvalue weighted by molar-refractivity contribution is 6.32. The van der Waals surface area contributed by atoms with Gasteiger partial charge in [0.2, 0.25) is 11.9 Å². The van der Waals surface area contributed by atoms with Crippen LogP contribution in [0.1, 0.15) is 52.0 Å². The van der Waals surface area contributed by atoms with Crippen LogP contribution < -0.4 is 26.1 Å². The number of hydrogen-bond donors (Lipinski definition) is 3. The SMILES string of the molecule is CN(c1ccc2c(c1)nnn2C1CCC(=O)NC1=O)C1CCN(c2ncc(Cl)c(Nc3ccc4c(c3)n(CCC(C)(C)O)c(=O)n4C)n2)CC1. The fourth-order valence-electron chi connectivity index (χ4n) is 6.78. The second-order valence-electron chi connectivity index (χ2n) is 13.8. The Morgan fingerprint density at radius 2 is 1.82 bits per heavy atom. The normalized spacial score (nSPS) is 17.5. The average molecular weight is 702 g/mol. The first kappa shape index (κ1) is 33.5. The number of hydrogen-bond acceptors (Lipinski definition) is 11. The summed E-state index contributed by atoms with van der Waals surface area (Å²) in [5.41, 5.74) is 3.66. The number of carbonyl (C=O) groups is 2. The number of imide groups is 1. The summed E-state index contributed by atoms with van der Waals surface area (Å²) in [6.45, 7) is 5.33. The molecule has 2 aromatic carbocycles. The first-order chi connectivity index (χ1) is 23.9. The number of imidazole rings is 1. The van der Waals surface area contributed by atoms with Crippen molar-refractivity contribution < 1.29 is 14.7 Å². The third kappa shape index (κ3) is 6.50. The van der Waals surface area contributed by atoms with Crippen molar-refractivity contribution in [2.24, 2.45) is 7.05 Å². The lowest BCUT2D eigenvalue weighted by Crippen LogP contribution is -2.44. The van der Waals surface area contributed by atoms with E-state index in [1.165, 1.54) is 0 Å². The Kier molecular flexibility index (Phi) is 8.72. The summed E-state index contributed by atoms with van der Waals surface area (Å²) in [5.74, 6) is 0.427. The van der Waals surface area contributed by atoms with Crippen molar-refractivity contribution in [1.29, 1.82) is 0 Å². The summed E-state index contributed by atoms with van der Waals surface area (Å²) in [6, 6.07) is 11.3. The van der Waals surface area contributed by atoms with E-state index < -0.39 is 11.6 Å². The number of aromatic nitrogens is 7. The van der Waals surface area contributed by atoms with Crippen molar-refractivity contribution in [2.75, 3.05) is 35.3 Å². The molecule has 0 aliphatic carbocycles. The molecule has 16 heteroatoms. The predicted molar refractivity (Wildman–Crippen MR) is 191 cm³/mol. The van der Waals surface area contributed by atoms with Crippen LogP contribution in [-0.2, 0) is 23.2 Å². The quantitative estimate of drug-likeness (QED) is 0.192. The van der Waals surface area contributed by atoms with E-state index in [0.29, 0.717) is 41.7 Å². The minimum absolute atomic E-state index is 0.143. The summed E-state index contributed by atoms with van der Waals surface area (Å²) in [5, 5.41) is 24.9. The van der Waals surface area contributed by atoms with Crippen LogP contribution in [0.4, 0.5) is 23.1 Å². The number of aliphatic hydroxyl groups is 1. The number of carbonyl (C=O) groups excluding carboxylic acids is 2. The zero-order chi connectivity index (χ0) is 35.3. The number of fused-ring (bicyclic) bond motifs is 2. The Hall–Kier alpha value is -5.02. The summed E-state index contributed by atoms with van der Waals surface area (Å²) < 4.78 is 4.89. The number of amides is 2. The van der Waals surface area contributed by atoms with Gasteiger partial charge in [-0.2, -0.15) is 4.98 Å². The van der Waals surface area contributed by atoms with Gasteiger partial charge >= 0.3 is 5.69 Å². The Labute approximate surface area is 292 Å². The number of halogens is 1. The van der Waals surface area contributed by atoms with Crippen molar-refractivity contribution in [1.82, 2.24) is 39.4 Å². The topological polar surface area (TPSA) is 168 Å². The molecule has 0 spiro atoms. The number of rotatable bonds is 9. The lowest BCUT2D eigenvalue weighted by molar-refractivity contribution is -0.135. The van der Waals surface area contributed by atoms with Crippen molar-refractivity contribution in [3.8, 4) is 0 Å². The Bertz CT molecular complexity index is 2160. The molecule has 5 heterocycles. The smallest absolute Gasteiger partial charge is 0.328 e. The largest absolute Gasteiger partial charge is 0.390 e. The van der Waals surface area contributed by atoms with Gasteiger partial charge in [-0.1, -0.05) is 16.8 Å². The highest BCUT2D eigenvalue weighted by atomic mass is 35.5. The van der Waals surface area contributed by atoms with Crippen LogP contribution in [0, 0.1) is 0 Å². The number of nitrogens with one attached hydrogen (secondary N) is 2. The van der Waals surface area contributed by atoms with E-state index in [9.17, 15) is 19.5 Å². The van der Waals surface area contributed by atoms with Gasteiger partial charge in [-0.05, 0) is 75.9 Å². The van der Waals surface area contributed by atoms with E-state index in [1.807, 2.05) is 36.4 Å². The van der Waals surface area contributed by atoms with Gasteiger partial charge in [-0.15, -0.1) is 5.10 Å². The van der Waals surface area contributed by atoms with Crippen LogP contribution >= 0.6 is 11.6 Å². The standard InChI is InChI=1S/C34H40ClN11O4/c1-34(2,50)13-16-45-28-17-20(5-7-26(28)43(4)33(45)49)37-30-23(35)19-36-32(39-30)44-14-11-21(12-15-44)42(3)22-6-8-25-24(18-22)40-41-46(25)27-9-10-29(47)38-31(27)48/h5-8,17-19,21,27,50H,9-16H2,1-4H3,(H,36,37,39)(H,38,47,48). The van der Waals surface area contributed by atoms with Gasteiger partial charge in [-0.25, -0.2) is 14.5 Å². The molecule has 3 N–H and O–H groups in total. The maximum absolute atomic E-state index is 13.0. The Morgan fingerprint density at radius 3 is 2.56 bits per heavy atom. The van der Waals surface area contributed by atoms with Gasteiger partial charge in [0.1, 0.15) is 16.6 Å². The molecular formula is C34H40ClN11O4. The molecule has 262 valence electrons. The molecule has 1 atom stereocenters. The summed E-state index contributed by atoms with van der Waals surface area (Å²) in [7, 11) is 3.81. The maximum Gasteiger partial charge on any atom is 0.328 e. The molecule has 15 nitrogen and oxygen atoms in total. The maximum atomic E-state index is 13.0. The number of benzene rings is 2. The zero-order valence-corrected chi connectivity index (χ0v) is 29.2. The van der Waals surface area contributed by atoms with Crippen LogP contribution in [-0.4, -0.2) is 82.8 Å². The third-order valence-corrected chi connectivity index (χ3v) is 10.0. The van der Waals surface area contributed by atoms with E-state index >= 15 is 0 Å². The predicted octanol–water partition coefficient (Wildman–Crippen LogP) is 3.52. The van der Waals surface area contributed by atoms with E-state index in [4.69, 9.17) is 16.6 Å². The second kappa shape index (κ2) is 13.0. The molecule has 2 saturated heterocycles. The van der Waals surface area contributed by atoms with E-state index in [-0.39, 0.29) is 30.0 Å². The molecule has 2 fully saturated rings. The number of aryl methyl sites for hydroxylation is 2. The van der Waals surface area contributed by atoms with Crippen molar-refractivity contribution in [3.05, 3.63) is 58.1 Å². The monoisotopic (exact) mass is 701 g/mol. The van der Waals surface area contributed by atoms with Crippen LogP contribution in [0.25, 0.3) is 22.1 Å². The molecule has 0 bridgehead atoms. The molecule has 2 aliphatic heterocycles. The Morgan fingerprint density at radius 1 is 1.06 bits per heavy atom. The highest BCUT2D eigenvalue weighted by Crippen LogP contribution is 2.31. The molecule has 2 amide bonds. The molecule has 3 aromatic heterocycles. The fraction of sp³-hybridized carbons (Fsp3) is 0.441. The highest BCUT2D eigenvalue weighted by Gasteiger charge is 2.31. The molecule has 7 rings (SSSR count). The van der Waals surface area contributed by atoms with Crippen molar-refractivity contribution in [2.45, 2.75) is 70.2 Å². The van der Waals surface area contributed by atoms with Crippen molar-refractivity contribution >= 4 is 68.6 Å². The van der Waals surface area contributed by atoms with Crippen LogP contribution in [0.15, 0.2) is 47.4 Å². The van der Waals surface area contributed by atoms with Gasteiger partial charge in [-0.3, -0.25) is 24.0 Å². The first-order valence-corrected chi connectivity index (χ1v) is 17.1. The van der Waals surface area contributed by atoms with Crippen LogP contribution in [0.2, 0.25) is 5.02 Å². The van der Waals surface area contributed by atoms with Crippen molar-refractivity contribution in [3.63, 3.8) is 0 Å². The fourth-order valence-corrected chi connectivity index (χ4v) is 6.92. The van der Waals surface area contributed by atoms with Crippen LogP contribution in [0.3, 0.4) is 0 Å². The minimum Gasteiger partial charge on any atom is -0.390 e. The van der Waals surface area contributed by atoms with Gasteiger partial charge in [0, 0.05) is 57.6 Å². The van der Waals surface area contributed by atoms with Gasteiger partial charge in [0.25, 0.3) is 5.91 Å². The summed E-state index contributed by atoms with van der Waals surface area (Å²) >= 11 is 6.55. The van der Waals surface area contributed by atoms with Gasteiger partial charge in [0.05, 0.1) is 28.3 Å². The van der Waals surface area contributed by atoms with E-state index in [2.05, 4.69) is 42.8 Å². The second-order valence-corrected chi connectivity index (χ2v) is 14.2. The number of anilines is 4. The zero-order valence-electron chi connectivity index (χ0n) is 28.4. The third-order valence-electron chi connectivity index (χ3n) is 9.75. The minimum atomic E-state index is -0.899.